The summed E-state index contributed by atoms with van der Waals surface area (Å²) in [4.78, 5) is 11.6. The SMILES string of the molecule is CCCCC(C)(C)CC(=O)OC(C)(C)C. The molecule has 90 valence electrons. The van der Waals surface area contributed by atoms with Gasteiger partial charge in [-0.15, -0.1) is 0 Å². The van der Waals surface area contributed by atoms with E-state index in [1.807, 2.05) is 20.8 Å². The van der Waals surface area contributed by atoms with Gasteiger partial charge in [0, 0.05) is 0 Å². The second kappa shape index (κ2) is 5.53. The molecule has 0 amide bonds. The van der Waals surface area contributed by atoms with Gasteiger partial charge in [-0.1, -0.05) is 33.6 Å². The first-order valence-corrected chi connectivity index (χ1v) is 5.88. The lowest BCUT2D eigenvalue weighted by Crippen LogP contribution is -2.27. The predicted octanol–water partition coefficient (Wildman–Crippen LogP) is 3.93. The van der Waals surface area contributed by atoms with E-state index >= 15 is 0 Å². The number of unbranched alkanes of at least 4 members (excludes halogenated alkanes) is 1. The summed E-state index contributed by atoms with van der Waals surface area (Å²) in [5.41, 5.74) is -0.295. The van der Waals surface area contributed by atoms with Crippen molar-refractivity contribution >= 4 is 5.97 Å². The second-order valence-electron chi connectivity index (χ2n) is 6.03. The van der Waals surface area contributed by atoms with Gasteiger partial charge in [-0.2, -0.15) is 0 Å². The van der Waals surface area contributed by atoms with Crippen LogP contribution in [0.4, 0.5) is 0 Å². The first kappa shape index (κ1) is 14.5. The minimum Gasteiger partial charge on any atom is -0.460 e. The van der Waals surface area contributed by atoms with Crippen LogP contribution < -0.4 is 0 Å². The highest BCUT2D eigenvalue weighted by atomic mass is 16.6. The Kier molecular flexibility index (Phi) is 5.33. The Morgan fingerprint density at radius 3 is 2.07 bits per heavy atom. The van der Waals surface area contributed by atoms with Crippen molar-refractivity contribution in [2.45, 2.75) is 72.8 Å². The molecule has 0 aromatic carbocycles. The summed E-state index contributed by atoms with van der Waals surface area (Å²) in [6, 6.07) is 0. The Labute approximate surface area is 94.4 Å². The summed E-state index contributed by atoms with van der Waals surface area (Å²) < 4.78 is 5.31. The van der Waals surface area contributed by atoms with E-state index in [-0.39, 0.29) is 17.0 Å². The lowest BCUT2D eigenvalue weighted by atomic mass is 9.84. The van der Waals surface area contributed by atoms with Gasteiger partial charge in [-0.05, 0) is 32.6 Å². The van der Waals surface area contributed by atoms with Crippen LogP contribution in [0.25, 0.3) is 0 Å². The minimum atomic E-state index is -0.363. The van der Waals surface area contributed by atoms with Crippen molar-refractivity contribution in [1.29, 1.82) is 0 Å². The monoisotopic (exact) mass is 214 g/mol. The van der Waals surface area contributed by atoms with E-state index in [1.54, 1.807) is 0 Å². The van der Waals surface area contributed by atoms with Gasteiger partial charge < -0.3 is 4.74 Å². The van der Waals surface area contributed by atoms with Crippen molar-refractivity contribution in [1.82, 2.24) is 0 Å². The van der Waals surface area contributed by atoms with Crippen molar-refractivity contribution in [2.24, 2.45) is 5.41 Å². The molecule has 0 atom stereocenters. The van der Waals surface area contributed by atoms with Crippen LogP contribution in [0.1, 0.15) is 67.2 Å². The van der Waals surface area contributed by atoms with Crippen LogP contribution in [0.2, 0.25) is 0 Å². The molecular weight excluding hydrogens is 188 g/mol. The van der Waals surface area contributed by atoms with E-state index in [9.17, 15) is 4.79 Å². The maximum atomic E-state index is 11.6. The van der Waals surface area contributed by atoms with Gasteiger partial charge in [-0.25, -0.2) is 0 Å². The maximum absolute atomic E-state index is 11.6. The molecule has 0 unspecified atom stereocenters. The fourth-order valence-electron chi connectivity index (χ4n) is 1.51. The highest BCUT2D eigenvalue weighted by Crippen LogP contribution is 2.28. The molecule has 0 aliphatic carbocycles. The van der Waals surface area contributed by atoms with Crippen LogP contribution in [0.5, 0.6) is 0 Å². The van der Waals surface area contributed by atoms with Crippen molar-refractivity contribution in [3.8, 4) is 0 Å². The zero-order valence-corrected chi connectivity index (χ0v) is 11.1. The van der Waals surface area contributed by atoms with Crippen molar-refractivity contribution < 1.29 is 9.53 Å². The largest absolute Gasteiger partial charge is 0.460 e. The molecule has 0 saturated heterocycles. The third-order valence-corrected chi connectivity index (χ3v) is 2.25. The van der Waals surface area contributed by atoms with Gasteiger partial charge >= 0.3 is 5.97 Å². The molecule has 0 radical (unpaired) electrons. The Morgan fingerprint density at radius 2 is 1.67 bits per heavy atom. The summed E-state index contributed by atoms with van der Waals surface area (Å²) in [6.45, 7) is 12.2. The molecule has 0 spiro atoms. The summed E-state index contributed by atoms with van der Waals surface area (Å²) in [6.07, 6.45) is 3.96. The third-order valence-electron chi connectivity index (χ3n) is 2.25. The van der Waals surface area contributed by atoms with E-state index < -0.39 is 0 Å². The molecule has 2 heteroatoms. The molecule has 0 aliphatic heterocycles. The average molecular weight is 214 g/mol. The van der Waals surface area contributed by atoms with Crippen molar-refractivity contribution in [3.63, 3.8) is 0 Å². The molecule has 0 aromatic heterocycles. The normalized spacial score (nSPS) is 12.7. The Bertz CT molecular complexity index is 199. The molecule has 0 aromatic rings. The number of hydrogen-bond acceptors (Lipinski definition) is 2. The van der Waals surface area contributed by atoms with E-state index in [0.29, 0.717) is 6.42 Å². The molecule has 2 nitrogen and oxygen atoms in total. The number of rotatable bonds is 5. The Hall–Kier alpha value is -0.530. The van der Waals surface area contributed by atoms with E-state index in [1.165, 1.54) is 12.8 Å². The molecule has 0 heterocycles. The van der Waals surface area contributed by atoms with Crippen LogP contribution in [-0.2, 0) is 9.53 Å². The fourth-order valence-corrected chi connectivity index (χ4v) is 1.51. The van der Waals surface area contributed by atoms with Crippen molar-refractivity contribution in [2.75, 3.05) is 0 Å². The topological polar surface area (TPSA) is 26.3 Å². The molecule has 0 N–H and O–H groups in total. The average Bonchev–Trinajstić information content (AvgIpc) is 1.95. The first-order valence-electron chi connectivity index (χ1n) is 5.88. The highest BCUT2D eigenvalue weighted by Gasteiger charge is 2.25. The summed E-state index contributed by atoms with van der Waals surface area (Å²) >= 11 is 0. The van der Waals surface area contributed by atoms with Gasteiger partial charge in [-0.3, -0.25) is 4.79 Å². The third kappa shape index (κ3) is 8.46. The lowest BCUT2D eigenvalue weighted by molar-refractivity contribution is -0.157. The first-order chi connectivity index (χ1) is 6.66. The summed E-state index contributed by atoms with van der Waals surface area (Å²) in [5.74, 6) is -0.0800. The number of ether oxygens (including phenoxy) is 1. The second-order valence-corrected chi connectivity index (χ2v) is 6.03. The van der Waals surface area contributed by atoms with E-state index in [2.05, 4.69) is 20.8 Å². The summed E-state index contributed by atoms with van der Waals surface area (Å²) in [5, 5.41) is 0. The Balaban J connectivity index is 4.04. The quantitative estimate of drug-likeness (QED) is 0.648. The molecule has 0 saturated carbocycles. The summed E-state index contributed by atoms with van der Waals surface area (Å²) in [7, 11) is 0. The Morgan fingerprint density at radius 1 is 1.13 bits per heavy atom. The van der Waals surface area contributed by atoms with Gasteiger partial charge in [0.25, 0.3) is 0 Å². The number of hydrogen-bond donors (Lipinski definition) is 0. The highest BCUT2D eigenvalue weighted by molar-refractivity contribution is 5.70. The zero-order valence-electron chi connectivity index (χ0n) is 11.1. The van der Waals surface area contributed by atoms with Gasteiger partial charge in [0.2, 0.25) is 0 Å². The van der Waals surface area contributed by atoms with Crippen LogP contribution in [0.3, 0.4) is 0 Å². The standard InChI is InChI=1S/C13H26O2/c1-7-8-9-13(5,6)10-11(14)15-12(2,3)4/h7-10H2,1-6H3. The minimum absolute atomic E-state index is 0.0678. The van der Waals surface area contributed by atoms with Crippen molar-refractivity contribution in [3.05, 3.63) is 0 Å². The van der Waals surface area contributed by atoms with Crippen LogP contribution in [-0.4, -0.2) is 11.6 Å². The molecule has 0 bridgehead atoms. The number of carbonyl (C=O) groups excluding carboxylic acids is 1. The molecular formula is C13H26O2. The van der Waals surface area contributed by atoms with E-state index in [4.69, 9.17) is 4.74 Å². The smallest absolute Gasteiger partial charge is 0.306 e. The predicted molar refractivity (Wildman–Crippen MR) is 63.8 cm³/mol. The molecule has 0 aliphatic rings. The van der Waals surface area contributed by atoms with Crippen LogP contribution in [0, 0.1) is 5.41 Å². The number of esters is 1. The van der Waals surface area contributed by atoms with Gasteiger partial charge in [0.15, 0.2) is 0 Å². The van der Waals surface area contributed by atoms with Gasteiger partial charge in [0.05, 0.1) is 6.42 Å². The van der Waals surface area contributed by atoms with Crippen LogP contribution in [0.15, 0.2) is 0 Å². The van der Waals surface area contributed by atoms with E-state index in [0.717, 1.165) is 6.42 Å². The lowest BCUT2D eigenvalue weighted by Gasteiger charge is -2.26. The van der Waals surface area contributed by atoms with Gasteiger partial charge in [0.1, 0.15) is 5.60 Å². The maximum Gasteiger partial charge on any atom is 0.306 e. The fraction of sp³-hybridized carbons (Fsp3) is 0.923. The number of carbonyl (C=O) groups is 1. The molecule has 15 heavy (non-hydrogen) atoms. The van der Waals surface area contributed by atoms with Crippen LogP contribution >= 0.6 is 0 Å². The molecule has 0 rings (SSSR count). The molecule has 0 fully saturated rings. The zero-order chi connectivity index (χ0) is 12.1.